The number of rotatable bonds is 3. The molecule has 0 saturated heterocycles. The Kier molecular flexibility index (Phi) is 3.75. The summed E-state index contributed by atoms with van der Waals surface area (Å²) in [5.74, 6) is 0.411. The van der Waals surface area contributed by atoms with E-state index < -0.39 is 0 Å². The van der Waals surface area contributed by atoms with E-state index in [4.69, 9.17) is 4.94 Å². The summed E-state index contributed by atoms with van der Waals surface area (Å²) in [7, 11) is 0. The van der Waals surface area contributed by atoms with Crippen LogP contribution in [0.3, 0.4) is 0 Å². The Morgan fingerprint density at radius 2 is 2.28 bits per heavy atom. The van der Waals surface area contributed by atoms with Crippen LogP contribution in [0.5, 0.6) is 0 Å². The van der Waals surface area contributed by atoms with Crippen LogP contribution in [0.15, 0.2) is 48.6 Å². The first-order valence-corrected chi connectivity index (χ1v) is 7.74. The molecule has 2 aliphatic rings. The molecule has 0 saturated carbocycles. The molecule has 0 aliphatic carbocycles. The third-order valence-electron chi connectivity index (χ3n) is 3.61. The number of hydroxylamine groups is 3. The van der Waals surface area contributed by atoms with Gasteiger partial charge in [-0.3, -0.25) is 10.3 Å². The molecule has 0 atom stereocenters. The Balaban J connectivity index is 1.68. The fourth-order valence-electron chi connectivity index (χ4n) is 2.50. The Morgan fingerprint density at radius 1 is 1.36 bits per heavy atom. The summed E-state index contributed by atoms with van der Waals surface area (Å²) < 4.78 is 0. The number of aromatic nitrogens is 3. The second kappa shape index (κ2) is 6.21. The summed E-state index contributed by atoms with van der Waals surface area (Å²) in [6.45, 7) is 2.38. The summed E-state index contributed by atoms with van der Waals surface area (Å²) in [4.78, 5) is 30.2. The van der Waals surface area contributed by atoms with E-state index in [0.717, 1.165) is 11.3 Å². The minimum Gasteiger partial charge on any atom is -0.338 e. The van der Waals surface area contributed by atoms with Crippen LogP contribution in [0.1, 0.15) is 12.6 Å². The van der Waals surface area contributed by atoms with Gasteiger partial charge in [-0.25, -0.2) is 25.3 Å². The van der Waals surface area contributed by atoms with Crippen molar-refractivity contribution < 1.29 is 9.73 Å². The van der Waals surface area contributed by atoms with Gasteiger partial charge in [0.05, 0.1) is 23.8 Å². The van der Waals surface area contributed by atoms with Crippen molar-refractivity contribution in [3.63, 3.8) is 0 Å². The highest BCUT2D eigenvalue weighted by atomic mass is 16.8. The van der Waals surface area contributed by atoms with Crippen LogP contribution < -0.4 is 16.1 Å². The zero-order valence-corrected chi connectivity index (χ0v) is 13.4. The first-order chi connectivity index (χ1) is 12.2. The lowest BCUT2D eigenvalue weighted by Gasteiger charge is -2.19. The topological polar surface area (TPSA) is 104 Å². The van der Waals surface area contributed by atoms with E-state index in [1.165, 1.54) is 0 Å². The molecule has 3 N–H and O–H groups in total. The molecule has 0 aromatic carbocycles. The van der Waals surface area contributed by atoms with Crippen LogP contribution in [0.2, 0.25) is 0 Å². The van der Waals surface area contributed by atoms with E-state index in [1.807, 2.05) is 19.1 Å². The average Bonchev–Trinajstić information content (AvgIpc) is 3.10. The number of hydrogen-bond donors (Lipinski definition) is 3. The maximum atomic E-state index is 11.6. The van der Waals surface area contributed by atoms with E-state index in [9.17, 15) is 4.79 Å². The first-order valence-electron chi connectivity index (χ1n) is 7.74. The van der Waals surface area contributed by atoms with Crippen molar-refractivity contribution in [1.82, 2.24) is 30.8 Å². The predicted molar refractivity (Wildman–Crippen MR) is 91.3 cm³/mol. The van der Waals surface area contributed by atoms with Gasteiger partial charge in [-0.05, 0) is 31.2 Å². The van der Waals surface area contributed by atoms with Gasteiger partial charge in [0.15, 0.2) is 5.65 Å². The van der Waals surface area contributed by atoms with Gasteiger partial charge in [-0.2, -0.15) is 4.94 Å². The van der Waals surface area contributed by atoms with Gasteiger partial charge >= 0.3 is 6.03 Å². The smallest absolute Gasteiger partial charge is 0.320 e. The molecule has 25 heavy (non-hydrogen) atoms. The fourth-order valence-corrected chi connectivity index (χ4v) is 2.50. The molecule has 0 fully saturated rings. The Labute approximate surface area is 143 Å². The molecule has 2 amide bonds. The molecule has 0 bridgehead atoms. The number of anilines is 1. The third kappa shape index (κ3) is 2.88. The SMILES string of the molecule is CCNC(=O)Nc1ccc2ncc(C3=CC=CN4ONC=C34)nc2n1. The van der Waals surface area contributed by atoms with Gasteiger partial charge in [-0.15, -0.1) is 0 Å². The van der Waals surface area contributed by atoms with Gasteiger partial charge in [0.25, 0.3) is 0 Å². The maximum absolute atomic E-state index is 11.6. The standard InChI is InChI=1S/C16H15N7O2/c1-2-17-16(24)22-14-6-5-11-15(21-14)20-12(8-18-11)10-4-3-7-23-13(10)9-19-25-23/h3-9,19H,2H2,1H3,(H2,17,20,21,22,24). The molecule has 2 aliphatic heterocycles. The second-order valence-electron chi connectivity index (χ2n) is 5.27. The van der Waals surface area contributed by atoms with E-state index in [2.05, 4.69) is 31.1 Å². The summed E-state index contributed by atoms with van der Waals surface area (Å²) in [6.07, 6.45) is 8.98. The summed E-state index contributed by atoms with van der Waals surface area (Å²) in [5, 5.41) is 6.92. The number of hydrogen-bond acceptors (Lipinski definition) is 7. The third-order valence-corrected chi connectivity index (χ3v) is 3.61. The Morgan fingerprint density at radius 3 is 3.16 bits per heavy atom. The largest absolute Gasteiger partial charge is 0.338 e. The van der Waals surface area contributed by atoms with E-state index in [-0.39, 0.29) is 6.03 Å². The van der Waals surface area contributed by atoms with Crippen molar-refractivity contribution in [2.45, 2.75) is 6.92 Å². The number of urea groups is 1. The number of amides is 2. The minimum absolute atomic E-state index is 0.312. The fraction of sp³-hybridized carbons (Fsp3) is 0.125. The monoisotopic (exact) mass is 337 g/mol. The first kappa shape index (κ1) is 15.1. The number of nitrogens with one attached hydrogen (secondary N) is 3. The number of carbonyl (C=O) groups excluding carboxylic acids is 1. The number of nitrogens with zero attached hydrogens (tertiary/aromatic N) is 4. The number of pyridine rings is 1. The van der Waals surface area contributed by atoms with Crippen LogP contribution in [-0.4, -0.2) is 32.6 Å². The molecule has 9 nitrogen and oxygen atoms in total. The van der Waals surface area contributed by atoms with Crippen LogP contribution in [0.25, 0.3) is 16.7 Å². The van der Waals surface area contributed by atoms with Gasteiger partial charge in [0, 0.05) is 18.3 Å². The van der Waals surface area contributed by atoms with Gasteiger partial charge < -0.3 is 5.32 Å². The molecule has 126 valence electrons. The van der Waals surface area contributed by atoms with E-state index >= 15 is 0 Å². The van der Waals surface area contributed by atoms with Crippen LogP contribution in [0.4, 0.5) is 10.6 Å². The summed E-state index contributed by atoms with van der Waals surface area (Å²) in [5.41, 5.74) is 6.12. The van der Waals surface area contributed by atoms with E-state index in [0.29, 0.717) is 29.2 Å². The maximum Gasteiger partial charge on any atom is 0.320 e. The lowest BCUT2D eigenvalue weighted by Crippen LogP contribution is -2.28. The predicted octanol–water partition coefficient (Wildman–Crippen LogP) is 1.67. The highest BCUT2D eigenvalue weighted by Crippen LogP contribution is 2.30. The average molecular weight is 337 g/mol. The zero-order valence-electron chi connectivity index (χ0n) is 13.4. The Hall–Kier alpha value is -3.46. The molecule has 2 aromatic rings. The van der Waals surface area contributed by atoms with Gasteiger partial charge in [0.2, 0.25) is 0 Å². The summed E-state index contributed by atoms with van der Waals surface area (Å²) in [6, 6.07) is 3.14. The number of allylic oxidation sites excluding steroid dienone is 3. The molecule has 0 radical (unpaired) electrons. The highest BCUT2D eigenvalue weighted by Gasteiger charge is 2.23. The molecular weight excluding hydrogens is 322 g/mol. The molecular formula is C16H15N7O2. The number of fused-ring (bicyclic) bond motifs is 2. The number of carbonyl (C=O) groups is 1. The molecule has 9 heteroatoms. The molecule has 2 aromatic heterocycles. The van der Waals surface area contributed by atoms with Crippen LogP contribution >= 0.6 is 0 Å². The molecule has 4 heterocycles. The van der Waals surface area contributed by atoms with Gasteiger partial charge in [0.1, 0.15) is 11.3 Å². The molecule has 4 rings (SSSR count). The molecule has 0 unspecified atom stereocenters. The lowest BCUT2D eigenvalue weighted by atomic mass is 10.1. The van der Waals surface area contributed by atoms with E-state index in [1.54, 1.807) is 35.8 Å². The van der Waals surface area contributed by atoms with Crippen molar-refractivity contribution in [2.75, 3.05) is 11.9 Å². The highest BCUT2D eigenvalue weighted by molar-refractivity contribution is 5.89. The van der Waals surface area contributed by atoms with Crippen molar-refractivity contribution in [1.29, 1.82) is 0 Å². The zero-order chi connectivity index (χ0) is 17.2. The van der Waals surface area contributed by atoms with Crippen molar-refractivity contribution >= 4 is 28.6 Å². The Bertz CT molecular complexity index is 935. The summed E-state index contributed by atoms with van der Waals surface area (Å²) >= 11 is 0. The lowest BCUT2D eigenvalue weighted by molar-refractivity contribution is -0.111. The second-order valence-corrected chi connectivity index (χ2v) is 5.27. The van der Waals surface area contributed by atoms with Crippen molar-refractivity contribution in [2.24, 2.45) is 0 Å². The molecule has 0 spiro atoms. The normalized spacial score (nSPS) is 15.3. The van der Waals surface area contributed by atoms with Crippen molar-refractivity contribution in [3.8, 4) is 0 Å². The van der Waals surface area contributed by atoms with Crippen LogP contribution in [-0.2, 0) is 4.94 Å². The quantitative estimate of drug-likeness (QED) is 0.782. The van der Waals surface area contributed by atoms with Crippen LogP contribution in [0, 0.1) is 0 Å². The van der Waals surface area contributed by atoms with Gasteiger partial charge in [-0.1, -0.05) is 0 Å². The van der Waals surface area contributed by atoms with Crippen molar-refractivity contribution in [3.05, 3.63) is 54.3 Å². The minimum atomic E-state index is -0.312.